The van der Waals surface area contributed by atoms with Gasteiger partial charge < -0.3 is 20.4 Å². The molecule has 8 nitrogen and oxygen atoms in total. The molecule has 1 saturated heterocycles. The van der Waals surface area contributed by atoms with Crippen LogP contribution in [0.4, 0.5) is 4.79 Å². The molecule has 2 atom stereocenters. The SMILES string of the molecule is CCS(=O)(=O)CCNC(=O)N1CC(O)C[C@H]1C(=O)O. The molecule has 110 valence electrons. The highest BCUT2D eigenvalue weighted by Crippen LogP contribution is 2.17. The maximum absolute atomic E-state index is 11.7. The minimum atomic E-state index is -3.18. The van der Waals surface area contributed by atoms with Gasteiger partial charge in [-0.15, -0.1) is 0 Å². The predicted octanol–water partition coefficient (Wildman–Crippen LogP) is -1.35. The number of nitrogens with one attached hydrogen (secondary N) is 1. The quantitative estimate of drug-likeness (QED) is 0.576. The molecule has 2 amide bonds. The van der Waals surface area contributed by atoms with Gasteiger partial charge in [0.2, 0.25) is 0 Å². The van der Waals surface area contributed by atoms with Crippen LogP contribution in [0.25, 0.3) is 0 Å². The van der Waals surface area contributed by atoms with Gasteiger partial charge in [0.05, 0.1) is 11.9 Å². The number of amides is 2. The number of carboxylic acid groups (broad SMARTS) is 1. The van der Waals surface area contributed by atoms with Crippen molar-refractivity contribution in [2.75, 3.05) is 24.6 Å². The summed E-state index contributed by atoms with van der Waals surface area (Å²) in [5.74, 6) is -1.39. The average molecular weight is 294 g/mol. The summed E-state index contributed by atoms with van der Waals surface area (Å²) in [7, 11) is -3.18. The van der Waals surface area contributed by atoms with E-state index in [0.29, 0.717) is 0 Å². The molecular formula is C10H18N2O6S. The number of carbonyl (C=O) groups is 2. The number of aliphatic hydroxyl groups excluding tert-OH is 1. The molecular weight excluding hydrogens is 276 g/mol. The normalized spacial score (nSPS) is 23.4. The fourth-order valence-electron chi connectivity index (χ4n) is 1.83. The number of likely N-dealkylation sites (tertiary alicyclic amines) is 1. The van der Waals surface area contributed by atoms with Crippen molar-refractivity contribution in [1.29, 1.82) is 0 Å². The molecule has 19 heavy (non-hydrogen) atoms. The summed E-state index contributed by atoms with van der Waals surface area (Å²) >= 11 is 0. The van der Waals surface area contributed by atoms with E-state index >= 15 is 0 Å². The van der Waals surface area contributed by atoms with Crippen molar-refractivity contribution in [2.24, 2.45) is 0 Å². The van der Waals surface area contributed by atoms with Crippen molar-refractivity contribution in [3.63, 3.8) is 0 Å². The lowest BCUT2D eigenvalue weighted by Gasteiger charge is -2.21. The number of aliphatic hydroxyl groups is 1. The van der Waals surface area contributed by atoms with Gasteiger partial charge in [-0.1, -0.05) is 6.92 Å². The first kappa shape index (κ1) is 15.7. The van der Waals surface area contributed by atoms with Crippen molar-refractivity contribution in [1.82, 2.24) is 10.2 Å². The Morgan fingerprint density at radius 1 is 1.42 bits per heavy atom. The van der Waals surface area contributed by atoms with E-state index in [4.69, 9.17) is 5.11 Å². The van der Waals surface area contributed by atoms with Crippen LogP contribution in [0.3, 0.4) is 0 Å². The second-order valence-corrected chi connectivity index (χ2v) is 6.84. The van der Waals surface area contributed by atoms with Crippen LogP contribution in [-0.4, -0.2) is 72.3 Å². The maximum Gasteiger partial charge on any atom is 0.326 e. The Morgan fingerprint density at radius 3 is 2.58 bits per heavy atom. The summed E-state index contributed by atoms with van der Waals surface area (Å²) in [6.07, 6.45) is -0.887. The molecule has 0 aliphatic carbocycles. The monoisotopic (exact) mass is 294 g/mol. The third kappa shape index (κ3) is 4.35. The minimum Gasteiger partial charge on any atom is -0.480 e. The number of carbonyl (C=O) groups excluding carboxylic acids is 1. The Hall–Kier alpha value is -1.35. The third-order valence-corrected chi connectivity index (χ3v) is 4.66. The first-order valence-electron chi connectivity index (χ1n) is 5.92. The molecule has 0 aromatic carbocycles. The Morgan fingerprint density at radius 2 is 2.05 bits per heavy atom. The van der Waals surface area contributed by atoms with Crippen LogP contribution in [0.5, 0.6) is 0 Å². The highest BCUT2D eigenvalue weighted by molar-refractivity contribution is 7.91. The van der Waals surface area contributed by atoms with Crippen LogP contribution < -0.4 is 5.32 Å². The molecule has 3 N–H and O–H groups in total. The van der Waals surface area contributed by atoms with E-state index in [1.807, 2.05) is 0 Å². The van der Waals surface area contributed by atoms with E-state index in [1.54, 1.807) is 0 Å². The number of nitrogens with zero attached hydrogens (tertiary/aromatic N) is 1. The number of urea groups is 1. The number of carboxylic acids is 1. The maximum atomic E-state index is 11.7. The topological polar surface area (TPSA) is 124 Å². The summed E-state index contributed by atoms with van der Waals surface area (Å²) in [6.45, 7) is 1.37. The van der Waals surface area contributed by atoms with E-state index in [1.165, 1.54) is 6.92 Å². The van der Waals surface area contributed by atoms with Crippen LogP contribution in [0.15, 0.2) is 0 Å². The first-order valence-corrected chi connectivity index (χ1v) is 7.74. The van der Waals surface area contributed by atoms with E-state index in [-0.39, 0.29) is 31.0 Å². The van der Waals surface area contributed by atoms with Crippen LogP contribution in [0, 0.1) is 0 Å². The molecule has 1 fully saturated rings. The zero-order valence-electron chi connectivity index (χ0n) is 10.6. The van der Waals surface area contributed by atoms with Gasteiger partial charge >= 0.3 is 12.0 Å². The molecule has 0 bridgehead atoms. The van der Waals surface area contributed by atoms with Gasteiger partial charge in [-0.05, 0) is 0 Å². The molecule has 0 radical (unpaired) electrons. The molecule has 1 unspecified atom stereocenters. The number of sulfone groups is 1. The molecule has 1 aliphatic heterocycles. The first-order chi connectivity index (χ1) is 8.76. The highest BCUT2D eigenvalue weighted by Gasteiger charge is 2.38. The van der Waals surface area contributed by atoms with E-state index < -0.39 is 34.0 Å². The van der Waals surface area contributed by atoms with Crippen molar-refractivity contribution >= 4 is 21.8 Å². The van der Waals surface area contributed by atoms with Gasteiger partial charge in [0.25, 0.3) is 0 Å². The van der Waals surface area contributed by atoms with Crippen molar-refractivity contribution < 1.29 is 28.2 Å². The molecule has 0 aromatic rings. The summed E-state index contributed by atoms with van der Waals surface area (Å²) in [6, 6.07) is -1.74. The fourth-order valence-corrected chi connectivity index (χ4v) is 2.53. The Kier molecular flexibility index (Phi) is 5.12. The second-order valence-electron chi connectivity index (χ2n) is 4.36. The highest BCUT2D eigenvalue weighted by atomic mass is 32.2. The van der Waals surface area contributed by atoms with Crippen LogP contribution >= 0.6 is 0 Å². The summed E-state index contributed by atoms with van der Waals surface area (Å²) in [5, 5.41) is 20.6. The predicted molar refractivity (Wildman–Crippen MR) is 66.5 cm³/mol. The number of hydrogen-bond donors (Lipinski definition) is 3. The zero-order chi connectivity index (χ0) is 14.6. The minimum absolute atomic E-state index is 0.0109. The summed E-state index contributed by atoms with van der Waals surface area (Å²) in [5.41, 5.74) is 0. The summed E-state index contributed by atoms with van der Waals surface area (Å²) < 4.78 is 22.5. The lowest BCUT2D eigenvalue weighted by molar-refractivity contribution is -0.141. The van der Waals surface area contributed by atoms with Gasteiger partial charge in [0, 0.05) is 25.3 Å². The van der Waals surface area contributed by atoms with Gasteiger partial charge in [0.15, 0.2) is 9.84 Å². The van der Waals surface area contributed by atoms with E-state index in [9.17, 15) is 23.1 Å². The van der Waals surface area contributed by atoms with Gasteiger partial charge in [-0.2, -0.15) is 0 Å². The molecule has 1 rings (SSSR count). The number of hydrogen-bond acceptors (Lipinski definition) is 5. The van der Waals surface area contributed by atoms with Crippen LogP contribution in [0.1, 0.15) is 13.3 Å². The van der Waals surface area contributed by atoms with Crippen LogP contribution in [0.2, 0.25) is 0 Å². The number of aliphatic carboxylic acids is 1. The molecule has 0 spiro atoms. The lowest BCUT2D eigenvalue weighted by Crippen LogP contribution is -2.47. The Bertz CT molecular complexity index is 449. The third-order valence-electron chi connectivity index (χ3n) is 2.95. The Labute approximate surface area is 111 Å². The smallest absolute Gasteiger partial charge is 0.326 e. The van der Waals surface area contributed by atoms with Gasteiger partial charge in [-0.25, -0.2) is 18.0 Å². The standard InChI is InChI=1S/C10H18N2O6S/c1-2-19(17,18)4-3-11-10(16)12-6-7(13)5-8(12)9(14)15/h7-8,13H,2-6H2,1H3,(H,11,16)(H,14,15)/t7?,8-/m0/s1. The van der Waals surface area contributed by atoms with Crippen molar-refractivity contribution in [3.8, 4) is 0 Å². The van der Waals surface area contributed by atoms with Crippen LogP contribution in [-0.2, 0) is 14.6 Å². The second kappa shape index (κ2) is 6.20. The van der Waals surface area contributed by atoms with Gasteiger partial charge in [0.1, 0.15) is 6.04 Å². The zero-order valence-corrected chi connectivity index (χ0v) is 11.4. The largest absolute Gasteiger partial charge is 0.480 e. The molecule has 0 saturated carbocycles. The molecule has 9 heteroatoms. The van der Waals surface area contributed by atoms with Crippen molar-refractivity contribution in [2.45, 2.75) is 25.5 Å². The van der Waals surface area contributed by atoms with Crippen molar-refractivity contribution in [3.05, 3.63) is 0 Å². The van der Waals surface area contributed by atoms with Gasteiger partial charge in [-0.3, -0.25) is 0 Å². The summed E-state index contributed by atoms with van der Waals surface area (Å²) in [4.78, 5) is 23.6. The number of rotatable bonds is 5. The molecule has 1 aliphatic rings. The molecule has 1 heterocycles. The molecule has 0 aromatic heterocycles. The number of β-amino-alcohol motifs (C(OH)–C–C–N with tert-alkyl or cyclic N) is 1. The lowest BCUT2D eigenvalue weighted by atomic mass is 10.2. The van der Waals surface area contributed by atoms with E-state index in [0.717, 1.165) is 4.90 Å². The Balaban J connectivity index is 2.51. The van der Waals surface area contributed by atoms with E-state index in [2.05, 4.69) is 5.32 Å². The fraction of sp³-hybridized carbons (Fsp3) is 0.800. The average Bonchev–Trinajstić information content (AvgIpc) is 2.71.